The summed E-state index contributed by atoms with van der Waals surface area (Å²) in [6, 6.07) is 12.9. The van der Waals surface area contributed by atoms with Crippen molar-refractivity contribution in [3.8, 4) is 0 Å². The Hall–Kier alpha value is -2.66. The number of benzene rings is 2. The summed E-state index contributed by atoms with van der Waals surface area (Å²) < 4.78 is 3.54. The summed E-state index contributed by atoms with van der Waals surface area (Å²) in [4.78, 5) is 21.5. The van der Waals surface area contributed by atoms with E-state index >= 15 is 0 Å². The van der Waals surface area contributed by atoms with Crippen LogP contribution in [0, 0.1) is 0 Å². The third-order valence-electron chi connectivity index (χ3n) is 3.98. The van der Waals surface area contributed by atoms with Crippen LogP contribution < -0.4 is 5.56 Å². The lowest BCUT2D eigenvalue weighted by molar-refractivity contribution is 0.679. The molecular formula is C17H13ClN4O. The molecule has 2 heterocycles. The Labute approximate surface area is 136 Å². The van der Waals surface area contributed by atoms with E-state index in [1.54, 1.807) is 17.0 Å². The van der Waals surface area contributed by atoms with Crippen LogP contribution in [-0.4, -0.2) is 19.1 Å². The van der Waals surface area contributed by atoms with E-state index in [4.69, 9.17) is 11.6 Å². The molecule has 0 atom stereocenters. The van der Waals surface area contributed by atoms with Crippen LogP contribution >= 0.6 is 11.6 Å². The highest BCUT2D eigenvalue weighted by Gasteiger charge is 2.11. The Morgan fingerprint density at radius 2 is 1.96 bits per heavy atom. The molecule has 4 aromatic rings. The summed E-state index contributed by atoms with van der Waals surface area (Å²) in [7, 11) is 1.93. The third-order valence-corrected chi connectivity index (χ3v) is 4.21. The number of halogens is 1. The molecule has 0 amide bonds. The second kappa shape index (κ2) is 5.21. The van der Waals surface area contributed by atoms with Crippen molar-refractivity contribution < 1.29 is 0 Å². The number of hydrogen-bond acceptors (Lipinski definition) is 3. The number of rotatable bonds is 2. The molecule has 0 fully saturated rings. The first-order valence-corrected chi connectivity index (χ1v) is 7.56. The Morgan fingerprint density at radius 3 is 2.83 bits per heavy atom. The van der Waals surface area contributed by atoms with Crippen LogP contribution in [0.3, 0.4) is 0 Å². The molecule has 0 saturated carbocycles. The maximum atomic E-state index is 12.6. The van der Waals surface area contributed by atoms with Gasteiger partial charge in [0.1, 0.15) is 5.82 Å². The molecule has 6 heteroatoms. The third kappa shape index (κ3) is 2.29. The van der Waals surface area contributed by atoms with Crippen molar-refractivity contribution >= 4 is 33.5 Å². The summed E-state index contributed by atoms with van der Waals surface area (Å²) in [6.45, 7) is 0.361. The van der Waals surface area contributed by atoms with Gasteiger partial charge in [-0.05, 0) is 30.3 Å². The number of aryl methyl sites for hydroxylation is 1. The van der Waals surface area contributed by atoms with Gasteiger partial charge >= 0.3 is 0 Å². The average Bonchev–Trinajstić information content (AvgIpc) is 2.86. The maximum Gasteiger partial charge on any atom is 0.261 e. The summed E-state index contributed by atoms with van der Waals surface area (Å²) in [5, 5.41) is 1.25. The van der Waals surface area contributed by atoms with Gasteiger partial charge < -0.3 is 4.57 Å². The Bertz CT molecular complexity index is 1100. The molecule has 23 heavy (non-hydrogen) atoms. The molecular weight excluding hydrogens is 312 g/mol. The normalized spacial score (nSPS) is 11.4. The van der Waals surface area contributed by atoms with Gasteiger partial charge in [0.2, 0.25) is 0 Å². The average molecular weight is 325 g/mol. The molecule has 0 radical (unpaired) electrons. The lowest BCUT2D eigenvalue weighted by Crippen LogP contribution is -2.22. The smallest absolute Gasteiger partial charge is 0.261 e. The molecule has 114 valence electrons. The van der Waals surface area contributed by atoms with Gasteiger partial charge in [-0.3, -0.25) is 9.36 Å². The van der Waals surface area contributed by atoms with Gasteiger partial charge in [0.15, 0.2) is 0 Å². The first-order chi connectivity index (χ1) is 11.1. The number of nitrogens with zero attached hydrogens (tertiary/aromatic N) is 4. The van der Waals surface area contributed by atoms with Crippen LogP contribution in [0.4, 0.5) is 0 Å². The number of para-hydroxylation sites is 1. The predicted molar refractivity (Wildman–Crippen MR) is 90.8 cm³/mol. The van der Waals surface area contributed by atoms with Crippen molar-refractivity contribution in [1.29, 1.82) is 0 Å². The zero-order chi connectivity index (χ0) is 16.0. The molecule has 2 aromatic carbocycles. The molecule has 0 spiro atoms. The molecule has 0 saturated heterocycles. The zero-order valence-corrected chi connectivity index (χ0v) is 13.2. The highest BCUT2D eigenvalue weighted by Crippen LogP contribution is 2.20. The van der Waals surface area contributed by atoms with E-state index < -0.39 is 0 Å². The number of hydrogen-bond donors (Lipinski definition) is 0. The second-order valence-electron chi connectivity index (χ2n) is 5.41. The van der Waals surface area contributed by atoms with E-state index in [1.807, 2.05) is 48.0 Å². The minimum Gasteiger partial charge on any atom is -0.330 e. The first-order valence-electron chi connectivity index (χ1n) is 7.18. The van der Waals surface area contributed by atoms with Crippen molar-refractivity contribution in [2.24, 2.45) is 7.05 Å². The number of aromatic nitrogens is 4. The lowest BCUT2D eigenvalue weighted by Gasteiger charge is -2.06. The Morgan fingerprint density at radius 1 is 1.13 bits per heavy atom. The highest BCUT2D eigenvalue weighted by molar-refractivity contribution is 6.31. The predicted octanol–water partition coefficient (Wildman–Crippen LogP) is 2.98. The van der Waals surface area contributed by atoms with Crippen molar-refractivity contribution in [2.45, 2.75) is 6.54 Å². The van der Waals surface area contributed by atoms with Gasteiger partial charge in [0, 0.05) is 12.1 Å². The molecule has 0 aliphatic carbocycles. The molecule has 2 aromatic heterocycles. The monoisotopic (exact) mass is 324 g/mol. The van der Waals surface area contributed by atoms with E-state index in [-0.39, 0.29) is 5.56 Å². The van der Waals surface area contributed by atoms with E-state index in [0.717, 1.165) is 16.9 Å². The van der Waals surface area contributed by atoms with Crippen molar-refractivity contribution in [3.63, 3.8) is 0 Å². The van der Waals surface area contributed by atoms with E-state index in [2.05, 4.69) is 9.97 Å². The van der Waals surface area contributed by atoms with Gasteiger partial charge in [0.05, 0.1) is 34.8 Å². The van der Waals surface area contributed by atoms with Crippen molar-refractivity contribution in [1.82, 2.24) is 19.1 Å². The maximum absolute atomic E-state index is 12.6. The summed E-state index contributed by atoms with van der Waals surface area (Å²) in [6.07, 6.45) is 1.57. The topological polar surface area (TPSA) is 52.7 Å². The fraction of sp³-hybridized carbons (Fsp3) is 0.118. The van der Waals surface area contributed by atoms with Crippen LogP contribution in [0.5, 0.6) is 0 Å². The standard InChI is InChI=1S/C17H13ClN4O/c1-21-15-7-6-11(18)8-14(15)20-16(21)9-22-10-19-13-5-3-2-4-12(13)17(22)23/h2-8,10H,9H2,1H3. The number of imidazole rings is 1. The zero-order valence-electron chi connectivity index (χ0n) is 12.4. The molecule has 0 aliphatic heterocycles. The largest absolute Gasteiger partial charge is 0.330 e. The highest BCUT2D eigenvalue weighted by atomic mass is 35.5. The van der Waals surface area contributed by atoms with Gasteiger partial charge in [0.25, 0.3) is 5.56 Å². The quantitative estimate of drug-likeness (QED) is 0.569. The Kier molecular flexibility index (Phi) is 3.16. The van der Waals surface area contributed by atoms with Gasteiger partial charge in [-0.1, -0.05) is 23.7 Å². The van der Waals surface area contributed by atoms with Crippen molar-refractivity contribution in [2.75, 3.05) is 0 Å². The minimum absolute atomic E-state index is 0.0688. The molecule has 5 nitrogen and oxygen atoms in total. The molecule has 0 bridgehead atoms. The summed E-state index contributed by atoms with van der Waals surface area (Å²) in [5.74, 6) is 0.779. The summed E-state index contributed by atoms with van der Waals surface area (Å²) >= 11 is 6.02. The number of fused-ring (bicyclic) bond motifs is 2. The van der Waals surface area contributed by atoms with Gasteiger partial charge in [-0.25, -0.2) is 9.97 Å². The fourth-order valence-electron chi connectivity index (χ4n) is 2.74. The first kappa shape index (κ1) is 14.0. The van der Waals surface area contributed by atoms with Crippen LogP contribution in [0.2, 0.25) is 5.02 Å². The molecule has 0 aliphatic rings. The van der Waals surface area contributed by atoms with E-state index in [9.17, 15) is 4.79 Å². The van der Waals surface area contributed by atoms with Gasteiger partial charge in [-0.15, -0.1) is 0 Å². The second-order valence-corrected chi connectivity index (χ2v) is 5.85. The molecule has 0 unspecified atom stereocenters. The summed E-state index contributed by atoms with van der Waals surface area (Å²) in [5.41, 5.74) is 2.43. The van der Waals surface area contributed by atoms with Crippen LogP contribution in [0.25, 0.3) is 21.9 Å². The van der Waals surface area contributed by atoms with Crippen LogP contribution in [-0.2, 0) is 13.6 Å². The lowest BCUT2D eigenvalue weighted by atomic mass is 10.2. The Balaban J connectivity index is 1.83. The minimum atomic E-state index is -0.0688. The SMILES string of the molecule is Cn1c(Cn2cnc3ccccc3c2=O)nc2cc(Cl)ccc21. The fourth-order valence-corrected chi connectivity index (χ4v) is 2.90. The van der Waals surface area contributed by atoms with Crippen LogP contribution in [0.1, 0.15) is 5.82 Å². The van der Waals surface area contributed by atoms with Gasteiger partial charge in [-0.2, -0.15) is 0 Å². The van der Waals surface area contributed by atoms with E-state index in [1.165, 1.54) is 0 Å². The molecule has 4 rings (SSSR count). The van der Waals surface area contributed by atoms with Crippen molar-refractivity contribution in [3.05, 3.63) is 70.0 Å². The van der Waals surface area contributed by atoms with Crippen LogP contribution in [0.15, 0.2) is 53.6 Å². The van der Waals surface area contributed by atoms with E-state index in [0.29, 0.717) is 22.5 Å². The molecule has 0 N–H and O–H groups in total.